The molecular weight excluding hydrogens is 398 g/mol. The van der Waals surface area contributed by atoms with Crippen molar-refractivity contribution in [2.24, 2.45) is 0 Å². The van der Waals surface area contributed by atoms with Crippen LogP contribution in [-0.4, -0.2) is 71.3 Å². The van der Waals surface area contributed by atoms with Crippen LogP contribution in [0.2, 0.25) is 0 Å². The molecule has 6 heteroatoms. The molecule has 1 atom stereocenters. The molecule has 6 nitrogen and oxygen atoms in total. The Morgan fingerprint density at radius 2 is 1.81 bits per heavy atom. The van der Waals surface area contributed by atoms with Gasteiger partial charge in [-0.05, 0) is 45.5 Å². The summed E-state index contributed by atoms with van der Waals surface area (Å²) in [5.41, 5.74) is 4.34. The third-order valence-electron chi connectivity index (χ3n) is 6.12. The molecule has 2 heterocycles. The predicted octanol–water partition coefficient (Wildman–Crippen LogP) is 3.60. The molecule has 0 bridgehead atoms. The maximum absolute atomic E-state index is 13.3. The fourth-order valence-corrected chi connectivity index (χ4v) is 4.08. The number of carbonyl (C=O) groups is 1. The van der Waals surface area contributed by atoms with Crippen molar-refractivity contribution in [1.82, 2.24) is 24.9 Å². The van der Waals surface area contributed by atoms with E-state index in [0.717, 1.165) is 56.0 Å². The van der Waals surface area contributed by atoms with Gasteiger partial charge < -0.3 is 15.1 Å². The number of hydrogen-bond acceptors (Lipinski definition) is 4. The van der Waals surface area contributed by atoms with E-state index in [-0.39, 0.29) is 11.9 Å². The summed E-state index contributed by atoms with van der Waals surface area (Å²) in [6, 6.07) is 18.2. The highest BCUT2D eigenvalue weighted by Crippen LogP contribution is 2.25. The van der Waals surface area contributed by atoms with Gasteiger partial charge in [-0.3, -0.25) is 4.79 Å². The molecule has 1 aliphatic rings. The molecule has 4 rings (SSSR count). The Bertz CT molecular complexity index is 1040. The van der Waals surface area contributed by atoms with Crippen LogP contribution in [0, 0.1) is 6.92 Å². The van der Waals surface area contributed by atoms with Crippen LogP contribution in [0.3, 0.4) is 0 Å². The van der Waals surface area contributed by atoms with Gasteiger partial charge in [0.15, 0.2) is 0 Å². The molecule has 0 saturated carbocycles. The van der Waals surface area contributed by atoms with Gasteiger partial charge in [-0.15, -0.1) is 0 Å². The van der Waals surface area contributed by atoms with Gasteiger partial charge in [0.25, 0.3) is 5.91 Å². The van der Waals surface area contributed by atoms with E-state index in [1.54, 1.807) is 4.68 Å². The summed E-state index contributed by atoms with van der Waals surface area (Å²) in [4.78, 5) is 18.1. The van der Waals surface area contributed by atoms with E-state index in [0.29, 0.717) is 11.3 Å². The molecule has 1 N–H and O–H groups in total. The molecule has 0 radical (unpaired) electrons. The van der Waals surface area contributed by atoms with Crippen LogP contribution in [-0.2, 0) is 0 Å². The molecule has 3 aromatic rings. The van der Waals surface area contributed by atoms with Crippen LogP contribution in [0.25, 0.3) is 16.9 Å². The van der Waals surface area contributed by atoms with Crippen molar-refractivity contribution in [3.63, 3.8) is 0 Å². The molecule has 0 spiro atoms. The summed E-state index contributed by atoms with van der Waals surface area (Å²) >= 11 is 0. The fraction of sp³-hybridized carbons (Fsp3) is 0.385. The molecule has 1 fully saturated rings. The Morgan fingerprint density at radius 1 is 1.06 bits per heavy atom. The normalized spacial score (nSPS) is 16.1. The SMILES string of the molecule is Cc1cccc(-c2nn(-c3ccccc3)cc2C(=O)NC(C)CCN2CCN(C)CC2)c1. The van der Waals surface area contributed by atoms with Gasteiger partial charge in [0.2, 0.25) is 0 Å². The summed E-state index contributed by atoms with van der Waals surface area (Å²) in [6.45, 7) is 9.55. The molecule has 1 aliphatic heterocycles. The minimum Gasteiger partial charge on any atom is -0.349 e. The first-order valence-corrected chi connectivity index (χ1v) is 11.4. The van der Waals surface area contributed by atoms with Gasteiger partial charge in [0, 0.05) is 50.5 Å². The second-order valence-electron chi connectivity index (χ2n) is 8.85. The number of aromatic nitrogens is 2. The number of aryl methyl sites for hydroxylation is 1. The Balaban J connectivity index is 1.50. The fourth-order valence-electron chi connectivity index (χ4n) is 4.08. The minimum absolute atomic E-state index is 0.0745. The minimum atomic E-state index is -0.0745. The zero-order chi connectivity index (χ0) is 22.5. The van der Waals surface area contributed by atoms with E-state index in [4.69, 9.17) is 5.10 Å². The first kappa shape index (κ1) is 22.2. The molecule has 0 aliphatic carbocycles. The van der Waals surface area contributed by atoms with Gasteiger partial charge >= 0.3 is 0 Å². The van der Waals surface area contributed by atoms with Crippen LogP contribution in [0.1, 0.15) is 29.3 Å². The van der Waals surface area contributed by atoms with Crippen LogP contribution in [0.4, 0.5) is 0 Å². The van der Waals surface area contributed by atoms with Crippen LogP contribution in [0.5, 0.6) is 0 Å². The van der Waals surface area contributed by atoms with E-state index in [1.807, 2.05) is 48.7 Å². The number of piperazine rings is 1. The lowest BCUT2D eigenvalue weighted by Crippen LogP contribution is -2.46. The molecule has 168 valence electrons. The lowest BCUT2D eigenvalue weighted by atomic mass is 10.0. The Hall–Kier alpha value is -2.96. The third kappa shape index (κ3) is 5.44. The molecule has 2 aromatic carbocycles. The number of nitrogens with zero attached hydrogens (tertiary/aromatic N) is 4. The Kier molecular flexibility index (Phi) is 7.02. The van der Waals surface area contributed by atoms with Crippen molar-refractivity contribution in [3.05, 3.63) is 71.9 Å². The maximum atomic E-state index is 13.3. The lowest BCUT2D eigenvalue weighted by Gasteiger charge is -2.32. The third-order valence-corrected chi connectivity index (χ3v) is 6.12. The Morgan fingerprint density at radius 3 is 2.53 bits per heavy atom. The first-order chi connectivity index (χ1) is 15.5. The number of hydrogen-bond donors (Lipinski definition) is 1. The van der Waals surface area contributed by atoms with Gasteiger partial charge in [0.1, 0.15) is 5.69 Å². The van der Waals surface area contributed by atoms with E-state index < -0.39 is 0 Å². The highest BCUT2D eigenvalue weighted by atomic mass is 16.1. The summed E-state index contributed by atoms with van der Waals surface area (Å²) in [7, 11) is 2.17. The number of carbonyl (C=O) groups excluding carboxylic acids is 1. The summed E-state index contributed by atoms with van der Waals surface area (Å²) < 4.78 is 1.79. The number of rotatable bonds is 7. The van der Waals surface area contributed by atoms with Gasteiger partial charge in [-0.2, -0.15) is 5.10 Å². The van der Waals surface area contributed by atoms with Gasteiger partial charge in [-0.1, -0.05) is 42.0 Å². The van der Waals surface area contributed by atoms with E-state index in [1.165, 1.54) is 0 Å². The average Bonchev–Trinajstić information content (AvgIpc) is 3.25. The number of amides is 1. The number of nitrogens with one attached hydrogen (secondary N) is 1. The molecule has 1 aromatic heterocycles. The van der Waals surface area contributed by atoms with Gasteiger partial charge in [-0.25, -0.2) is 4.68 Å². The van der Waals surface area contributed by atoms with E-state index in [2.05, 4.69) is 48.1 Å². The van der Waals surface area contributed by atoms with Crippen molar-refractivity contribution in [1.29, 1.82) is 0 Å². The van der Waals surface area contributed by atoms with Crippen molar-refractivity contribution in [2.45, 2.75) is 26.3 Å². The zero-order valence-corrected chi connectivity index (χ0v) is 19.3. The highest BCUT2D eigenvalue weighted by molar-refractivity contribution is 6.00. The summed E-state index contributed by atoms with van der Waals surface area (Å²) in [6.07, 6.45) is 2.78. The number of benzene rings is 2. The lowest BCUT2D eigenvalue weighted by molar-refractivity contribution is 0.0932. The van der Waals surface area contributed by atoms with Crippen LogP contribution >= 0.6 is 0 Å². The van der Waals surface area contributed by atoms with E-state index in [9.17, 15) is 4.79 Å². The Labute approximate surface area is 190 Å². The molecular formula is C26H33N5O. The van der Waals surface area contributed by atoms with Crippen molar-refractivity contribution in [2.75, 3.05) is 39.8 Å². The van der Waals surface area contributed by atoms with Crippen molar-refractivity contribution in [3.8, 4) is 16.9 Å². The molecule has 1 unspecified atom stereocenters. The first-order valence-electron chi connectivity index (χ1n) is 11.4. The molecule has 1 amide bonds. The smallest absolute Gasteiger partial charge is 0.255 e. The standard InChI is InChI=1S/C26H33N5O/c1-20-8-7-9-22(18-20)25-24(19-31(28-25)23-10-5-4-6-11-23)26(32)27-21(2)12-13-30-16-14-29(3)15-17-30/h4-11,18-19,21H,12-17H2,1-3H3,(H,27,32). The quantitative estimate of drug-likeness (QED) is 0.621. The van der Waals surface area contributed by atoms with Crippen molar-refractivity contribution < 1.29 is 4.79 Å². The second kappa shape index (κ2) is 10.1. The monoisotopic (exact) mass is 431 g/mol. The molecule has 32 heavy (non-hydrogen) atoms. The largest absolute Gasteiger partial charge is 0.349 e. The topological polar surface area (TPSA) is 53.4 Å². The number of para-hydroxylation sites is 1. The molecule has 1 saturated heterocycles. The van der Waals surface area contributed by atoms with E-state index >= 15 is 0 Å². The van der Waals surface area contributed by atoms with Crippen LogP contribution in [0.15, 0.2) is 60.8 Å². The number of likely N-dealkylation sites (N-methyl/N-ethyl adjacent to an activating group) is 1. The van der Waals surface area contributed by atoms with Crippen LogP contribution < -0.4 is 5.32 Å². The summed E-state index contributed by atoms with van der Waals surface area (Å²) in [5, 5.41) is 7.99. The summed E-state index contributed by atoms with van der Waals surface area (Å²) in [5.74, 6) is -0.0745. The maximum Gasteiger partial charge on any atom is 0.255 e. The zero-order valence-electron chi connectivity index (χ0n) is 19.3. The highest BCUT2D eigenvalue weighted by Gasteiger charge is 2.21. The average molecular weight is 432 g/mol. The second-order valence-corrected chi connectivity index (χ2v) is 8.85. The van der Waals surface area contributed by atoms with Crippen molar-refractivity contribution >= 4 is 5.91 Å². The predicted molar refractivity (Wildman–Crippen MR) is 129 cm³/mol. The van der Waals surface area contributed by atoms with Gasteiger partial charge in [0.05, 0.1) is 11.3 Å².